The molecule has 0 radical (unpaired) electrons. The van der Waals surface area contributed by atoms with Gasteiger partial charge < -0.3 is 15.4 Å². The summed E-state index contributed by atoms with van der Waals surface area (Å²) in [7, 11) is 4.13. The first kappa shape index (κ1) is 22.2. The zero-order valence-electron chi connectivity index (χ0n) is 18.7. The molecule has 4 nitrogen and oxygen atoms in total. The number of hydrogen-bond donors (Lipinski definition) is 1. The molecule has 0 fully saturated rings. The smallest absolute Gasteiger partial charge is 0.125 e. The maximum atomic E-state index is 13.6. The van der Waals surface area contributed by atoms with Crippen molar-refractivity contribution in [2.45, 2.75) is 31.6 Å². The van der Waals surface area contributed by atoms with E-state index in [1.165, 1.54) is 12.1 Å². The van der Waals surface area contributed by atoms with E-state index in [1.807, 2.05) is 48.5 Å². The highest BCUT2D eigenvalue weighted by atomic mass is 19.1. The zero-order chi connectivity index (χ0) is 22.6. The van der Waals surface area contributed by atoms with E-state index in [0.717, 1.165) is 47.2 Å². The van der Waals surface area contributed by atoms with Crippen molar-refractivity contribution in [2.24, 2.45) is 10.7 Å². The van der Waals surface area contributed by atoms with Crippen molar-refractivity contribution in [2.75, 3.05) is 20.6 Å². The van der Waals surface area contributed by atoms with E-state index in [9.17, 15) is 4.39 Å². The molecule has 1 atom stereocenters. The SMILES string of the molecule is CN(C)CCCC1(c2ccc(F)cc2)OCc2cc(C(N)=NCc3ccccc3)ccc21. The number of aliphatic imine (C=N–C) groups is 1. The first-order valence-corrected chi connectivity index (χ1v) is 11.0. The third-order valence-electron chi connectivity index (χ3n) is 6.03. The van der Waals surface area contributed by atoms with Crippen molar-refractivity contribution in [3.8, 4) is 0 Å². The minimum atomic E-state index is -0.576. The third kappa shape index (κ3) is 4.74. The average Bonchev–Trinajstić information content (AvgIpc) is 3.17. The van der Waals surface area contributed by atoms with Gasteiger partial charge in [-0.05, 0) is 73.9 Å². The lowest BCUT2D eigenvalue weighted by molar-refractivity contribution is -0.0140. The quantitative estimate of drug-likeness (QED) is 0.410. The van der Waals surface area contributed by atoms with Gasteiger partial charge in [0, 0.05) is 5.56 Å². The molecule has 0 amide bonds. The number of hydrogen-bond acceptors (Lipinski definition) is 3. The van der Waals surface area contributed by atoms with Crippen molar-refractivity contribution < 1.29 is 9.13 Å². The third-order valence-corrected chi connectivity index (χ3v) is 6.03. The highest BCUT2D eigenvalue weighted by Gasteiger charge is 2.41. The van der Waals surface area contributed by atoms with Crippen molar-refractivity contribution >= 4 is 5.84 Å². The largest absolute Gasteiger partial charge is 0.383 e. The predicted molar refractivity (Wildman–Crippen MR) is 127 cm³/mol. The number of ether oxygens (including phenoxy) is 1. The Bertz CT molecular complexity index is 1080. The van der Waals surface area contributed by atoms with Crippen LogP contribution in [0.5, 0.6) is 0 Å². The van der Waals surface area contributed by atoms with Gasteiger partial charge in [0.15, 0.2) is 0 Å². The van der Waals surface area contributed by atoms with E-state index in [2.05, 4.69) is 36.1 Å². The van der Waals surface area contributed by atoms with Gasteiger partial charge in [0.05, 0.1) is 13.2 Å². The van der Waals surface area contributed by atoms with Crippen molar-refractivity contribution in [3.63, 3.8) is 0 Å². The summed E-state index contributed by atoms with van der Waals surface area (Å²) < 4.78 is 20.1. The van der Waals surface area contributed by atoms with Crippen LogP contribution in [-0.2, 0) is 23.5 Å². The second-order valence-electron chi connectivity index (χ2n) is 8.59. The van der Waals surface area contributed by atoms with Crippen LogP contribution in [0.15, 0.2) is 77.8 Å². The van der Waals surface area contributed by atoms with Crippen LogP contribution in [0.2, 0.25) is 0 Å². The summed E-state index contributed by atoms with van der Waals surface area (Å²) in [6.45, 7) is 2.00. The van der Waals surface area contributed by atoms with E-state index in [0.29, 0.717) is 19.0 Å². The Morgan fingerprint density at radius 2 is 1.81 bits per heavy atom. The average molecular weight is 432 g/mol. The molecule has 4 rings (SSSR count). The molecule has 0 spiro atoms. The summed E-state index contributed by atoms with van der Waals surface area (Å²) in [5, 5.41) is 0. The molecular weight excluding hydrogens is 401 g/mol. The van der Waals surface area contributed by atoms with Crippen molar-refractivity contribution in [1.29, 1.82) is 0 Å². The topological polar surface area (TPSA) is 50.9 Å². The molecule has 0 aromatic heterocycles. The molecule has 1 aliphatic heterocycles. The molecule has 5 heteroatoms. The number of rotatable bonds is 8. The monoisotopic (exact) mass is 431 g/mol. The zero-order valence-corrected chi connectivity index (χ0v) is 18.7. The Kier molecular flexibility index (Phi) is 6.68. The Morgan fingerprint density at radius 3 is 2.53 bits per heavy atom. The van der Waals surface area contributed by atoms with E-state index >= 15 is 0 Å². The second-order valence-corrected chi connectivity index (χ2v) is 8.59. The maximum absolute atomic E-state index is 13.6. The number of fused-ring (bicyclic) bond motifs is 1. The Morgan fingerprint density at radius 1 is 1.06 bits per heavy atom. The van der Waals surface area contributed by atoms with E-state index in [-0.39, 0.29) is 5.82 Å². The first-order valence-electron chi connectivity index (χ1n) is 11.0. The number of nitrogens with two attached hydrogens (primary N) is 1. The summed E-state index contributed by atoms with van der Waals surface area (Å²) in [5.74, 6) is 0.275. The Labute approximate surface area is 189 Å². The van der Waals surface area contributed by atoms with Gasteiger partial charge in [-0.1, -0.05) is 54.6 Å². The molecule has 0 bridgehead atoms. The van der Waals surface area contributed by atoms with Crippen molar-refractivity contribution in [1.82, 2.24) is 4.90 Å². The van der Waals surface area contributed by atoms with Crippen molar-refractivity contribution in [3.05, 3.63) is 106 Å². The first-order chi connectivity index (χ1) is 15.5. The minimum absolute atomic E-state index is 0.242. The second kappa shape index (κ2) is 9.63. The Balaban J connectivity index is 1.63. The van der Waals surface area contributed by atoms with Crippen LogP contribution in [0.25, 0.3) is 0 Å². The molecular formula is C27H30FN3O. The van der Waals surface area contributed by atoms with E-state index in [1.54, 1.807) is 0 Å². The highest BCUT2D eigenvalue weighted by molar-refractivity contribution is 5.97. The molecule has 1 heterocycles. The summed E-state index contributed by atoms with van der Waals surface area (Å²) in [6, 6.07) is 22.9. The number of nitrogens with zero attached hydrogens (tertiary/aromatic N) is 2. The maximum Gasteiger partial charge on any atom is 0.125 e. The van der Waals surface area contributed by atoms with Crippen LogP contribution >= 0.6 is 0 Å². The molecule has 3 aromatic rings. The summed E-state index contributed by atoms with van der Waals surface area (Å²) >= 11 is 0. The summed E-state index contributed by atoms with van der Waals surface area (Å²) in [4.78, 5) is 6.74. The standard InChI is InChI=1S/C27H30FN3O/c1-31(2)16-6-15-27(23-10-12-24(28)13-11-23)25-14-9-21(17-22(25)19-32-27)26(29)30-18-20-7-4-3-5-8-20/h3-5,7-14,17H,6,15-16,18-19H2,1-2H3,(H2,29,30). The molecule has 1 unspecified atom stereocenters. The minimum Gasteiger partial charge on any atom is -0.383 e. The van der Waals surface area contributed by atoms with Crippen LogP contribution in [0.4, 0.5) is 4.39 Å². The molecule has 1 aliphatic rings. The summed E-state index contributed by atoms with van der Waals surface area (Å²) in [6.07, 6.45) is 1.78. The highest BCUT2D eigenvalue weighted by Crippen LogP contribution is 2.45. The van der Waals surface area contributed by atoms with Gasteiger partial charge in [0.2, 0.25) is 0 Å². The number of benzene rings is 3. The molecule has 3 aromatic carbocycles. The van der Waals surface area contributed by atoms with Crippen LogP contribution in [0, 0.1) is 5.82 Å². The molecule has 0 saturated heterocycles. The van der Waals surface area contributed by atoms with Gasteiger partial charge >= 0.3 is 0 Å². The predicted octanol–water partition coefficient (Wildman–Crippen LogP) is 4.85. The van der Waals surface area contributed by atoms with Crippen LogP contribution in [-0.4, -0.2) is 31.4 Å². The van der Waals surface area contributed by atoms with Gasteiger partial charge in [-0.2, -0.15) is 0 Å². The van der Waals surface area contributed by atoms with Gasteiger partial charge in [-0.15, -0.1) is 0 Å². The van der Waals surface area contributed by atoms with E-state index < -0.39 is 5.60 Å². The molecule has 2 N–H and O–H groups in total. The summed E-state index contributed by atoms with van der Waals surface area (Å²) in [5.41, 5.74) is 11.0. The van der Waals surface area contributed by atoms with Crippen LogP contribution < -0.4 is 5.73 Å². The Hall–Kier alpha value is -3.02. The van der Waals surface area contributed by atoms with Gasteiger partial charge in [-0.3, -0.25) is 4.99 Å². The molecule has 0 saturated carbocycles. The lowest BCUT2D eigenvalue weighted by atomic mass is 9.81. The fourth-order valence-corrected chi connectivity index (χ4v) is 4.35. The number of amidine groups is 1. The van der Waals surface area contributed by atoms with Gasteiger partial charge in [0.1, 0.15) is 17.3 Å². The van der Waals surface area contributed by atoms with Gasteiger partial charge in [-0.25, -0.2) is 4.39 Å². The fraction of sp³-hybridized carbons (Fsp3) is 0.296. The van der Waals surface area contributed by atoms with E-state index in [4.69, 9.17) is 10.5 Å². The van der Waals surface area contributed by atoms with Gasteiger partial charge in [0.25, 0.3) is 0 Å². The van der Waals surface area contributed by atoms with Crippen LogP contribution in [0.1, 0.15) is 40.7 Å². The lowest BCUT2D eigenvalue weighted by Gasteiger charge is -2.31. The lowest BCUT2D eigenvalue weighted by Crippen LogP contribution is -2.28. The molecule has 32 heavy (non-hydrogen) atoms. The fourth-order valence-electron chi connectivity index (χ4n) is 4.35. The normalized spacial score (nSPS) is 18.2. The molecule has 166 valence electrons. The van der Waals surface area contributed by atoms with Crippen LogP contribution in [0.3, 0.4) is 0 Å². The number of halogens is 1. The molecule has 0 aliphatic carbocycles.